The molecule has 0 atom stereocenters. The van der Waals surface area contributed by atoms with Gasteiger partial charge in [-0.3, -0.25) is 9.69 Å². The summed E-state index contributed by atoms with van der Waals surface area (Å²) in [6.45, 7) is 8.27. The first-order valence-corrected chi connectivity index (χ1v) is 14.4. The van der Waals surface area contributed by atoms with E-state index in [0.29, 0.717) is 18.1 Å². The number of sulfonamides is 1. The van der Waals surface area contributed by atoms with Crippen molar-refractivity contribution in [1.82, 2.24) is 18.8 Å². The number of rotatable bonds is 5. The highest BCUT2D eigenvalue weighted by atomic mass is 35.5. The molecule has 3 heterocycles. The summed E-state index contributed by atoms with van der Waals surface area (Å²) < 4.78 is 30.7. The highest BCUT2D eigenvalue weighted by Crippen LogP contribution is 2.49. The van der Waals surface area contributed by atoms with Gasteiger partial charge in [0.1, 0.15) is 5.82 Å². The van der Waals surface area contributed by atoms with Crippen molar-refractivity contribution >= 4 is 44.3 Å². The number of piperidine rings is 1. The molecule has 1 aromatic heterocycles. The minimum atomic E-state index is -3.66. The molecule has 10 heteroatoms. The van der Waals surface area contributed by atoms with Crippen LogP contribution in [0.1, 0.15) is 38.9 Å². The number of aryl methyl sites for hydroxylation is 2. The topological polar surface area (TPSA) is 87.5 Å². The molecule has 37 heavy (non-hydrogen) atoms. The van der Waals surface area contributed by atoms with E-state index in [1.54, 1.807) is 22.5 Å². The monoisotopic (exact) mass is 543 g/mol. The lowest BCUT2D eigenvalue weighted by molar-refractivity contribution is -0.117. The minimum absolute atomic E-state index is 0.0557. The van der Waals surface area contributed by atoms with Crippen LogP contribution in [-0.2, 0) is 21.9 Å². The van der Waals surface area contributed by atoms with Crippen LogP contribution in [0.15, 0.2) is 47.4 Å². The zero-order valence-electron chi connectivity index (χ0n) is 21.8. The summed E-state index contributed by atoms with van der Waals surface area (Å²) >= 11 is 6.09. The highest BCUT2D eigenvalue weighted by molar-refractivity contribution is 7.89. The molecule has 2 aromatic carbocycles. The maximum Gasteiger partial charge on any atom is 0.243 e. The molecule has 2 aliphatic heterocycles. The van der Waals surface area contributed by atoms with E-state index in [0.717, 1.165) is 54.9 Å². The maximum absolute atomic E-state index is 13.5. The van der Waals surface area contributed by atoms with E-state index in [-0.39, 0.29) is 16.2 Å². The van der Waals surface area contributed by atoms with Crippen molar-refractivity contribution in [3.63, 3.8) is 0 Å². The van der Waals surface area contributed by atoms with E-state index in [2.05, 4.69) is 15.2 Å². The lowest BCUT2D eigenvalue weighted by atomic mass is 9.74. The van der Waals surface area contributed by atoms with Gasteiger partial charge in [0.15, 0.2) is 0 Å². The predicted molar refractivity (Wildman–Crippen MR) is 146 cm³/mol. The van der Waals surface area contributed by atoms with Gasteiger partial charge in [0.2, 0.25) is 15.9 Å². The van der Waals surface area contributed by atoms with Crippen LogP contribution < -0.4 is 5.32 Å². The van der Waals surface area contributed by atoms with Crippen LogP contribution in [0.25, 0.3) is 11.0 Å². The highest BCUT2D eigenvalue weighted by Gasteiger charge is 2.53. The van der Waals surface area contributed by atoms with Crippen LogP contribution in [-0.4, -0.2) is 64.8 Å². The first kappa shape index (κ1) is 26.2. The molecule has 1 amide bonds. The number of nitrogens with zero attached hydrogens (tertiary/aromatic N) is 4. The number of amides is 1. The average Bonchev–Trinajstić information content (AvgIpc) is 3.27. The van der Waals surface area contributed by atoms with E-state index in [4.69, 9.17) is 11.6 Å². The van der Waals surface area contributed by atoms with Crippen LogP contribution in [0.2, 0.25) is 5.02 Å². The summed E-state index contributed by atoms with van der Waals surface area (Å²) in [5.41, 5.74) is 2.04. The predicted octanol–water partition coefficient (Wildman–Crippen LogP) is 4.43. The van der Waals surface area contributed by atoms with Gasteiger partial charge in [0.25, 0.3) is 0 Å². The molecular formula is C27H34ClN5O3S. The van der Waals surface area contributed by atoms with Crippen molar-refractivity contribution in [2.24, 2.45) is 12.5 Å². The normalized spacial score (nSPS) is 20.0. The van der Waals surface area contributed by atoms with Gasteiger partial charge >= 0.3 is 0 Å². The third-order valence-corrected chi connectivity index (χ3v) is 10.3. The average molecular weight is 544 g/mol. The quantitative estimate of drug-likeness (QED) is 0.514. The van der Waals surface area contributed by atoms with Gasteiger partial charge in [-0.1, -0.05) is 17.7 Å². The van der Waals surface area contributed by atoms with Gasteiger partial charge < -0.3 is 9.88 Å². The standard InChI is InChI=1S/C27H34ClN5O3S/c1-19-29-23-15-21(8-9-24(23)31(19)4)30-25(34)16-32-12-10-27(11-13-32)17-26(2,3)33(18-27)37(35,36)22-7-5-6-20(28)14-22/h5-9,14-15H,10-13,16-18H2,1-4H3,(H,30,34). The van der Waals surface area contributed by atoms with Crippen molar-refractivity contribution in [1.29, 1.82) is 0 Å². The molecule has 2 saturated heterocycles. The number of benzene rings is 2. The van der Waals surface area contributed by atoms with E-state index in [9.17, 15) is 13.2 Å². The second kappa shape index (κ2) is 9.38. The maximum atomic E-state index is 13.5. The summed E-state index contributed by atoms with van der Waals surface area (Å²) in [5.74, 6) is 0.870. The van der Waals surface area contributed by atoms with Crippen LogP contribution in [0.5, 0.6) is 0 Å². The Morgan fingerprint density at radius 1 is 1.14 bits per heavy atom. The van der Waals surface area contributed by atoms with Crippen molar-refractivity contribution in [3.8, 4) is 0 Å². The molecule has 2 aliphatic rings. The molecule has 0 unspecified atom stereocenters. The number of likely N-dealkylation sites (tertiary alicyclic amines) is 1. The molecular weight excluding hydrogens is 510 g/mol. The van der Waals surface area contributed by atoms with E-state index >= 15 is 0 Å². The Morgan fingerprint density at radius 2 is 1.86 bits per heavy atom. The number of hydrogen-bond acceptors (Lipinski definition) is 5. The Kier molecular flexibility index (Phi) is 6.63. The van der Waals surface area contributed by atoms with Gasteiger partial charge in [-0.2, -0.15) is 4.31 Å². The third-order valence-electron chi connectivity index (χ3n) is 8.02. The molecule has 198 valence electrons. The second-order valence-electron chi connectivity index (χ2n) is 11.2. The molecule has 0 bridgehead atoms. The van der Waals surface area contributed by atoms with E-state index < -0.39 is 15.6 Å². The zero-order valence-corrected chi connectivity index (χ0v) is 23.4. The smallest absolute Gasteiger partial charge is 0.243 e. The lowest BCUT2D eigenvalue weighted by Crippen LogP contribution is -2.45. The Hall–Kier alpha value is -2.46. The Balaban J connectivity index is 1.21. The number of carbonyl (C=O) groups excluding carboxylic acids is 1. The molecule has 3 aromatic rings. The fraction of sp³-hybridized carbons (Fsp3) is 0.481. The molecule has 8 nitrogen and oxygen atoms in total. The number of aromatic nitrogens is 2. The molecule has 5 rings (SSSR count). The van der Waals surface area contributed by atoms with Crippen LogP contribution >= 0.6 is 11.6 Å². The number of carbonyl (C=O) groups is 1. The van der Waals surface area contributed by atoms with Crippen LogP contribution in [0, 0.1) is 12.3 Å². The Morgan fingerprint density at radius 3 is 2.57 bits per heavy atom. The van der Waals surface area contributed by atoms with E-state index in [1.807, 2.05) is 50.6 Å². The van der Waals surface area contributed by atoms with Crippen molar-refractivity contribution < 1.29 is 13.2 Å². The first-order valence-electron chi connectivity index (χ1n) is 12.6. The van der Waals surface area contributed by atoms with Gasteiger partial charge in [0.05, 0.1) is 22.5 Å². The first-order chi connectivity index (χ1) is 17.4. The van der Waals surface area contributed by atoms with Crippen LogP contribution in [0.4, 0.5) is 5.69 Å². The van der Waals surface area contributed by atoms with Gasteiger partial charge in [0, 0.05) is 29.8 Å². The number of hydrogen-bond donors (Lipinski definition) is 1. The van der Waals surface area contributed by atoms with Crippen molar-refractivity contribution in [2.45, 2.75) is 50.5 Å². The number of nitrogens with one attached hydrogen (secondary N) is 1. The van der Waals surface area contributed by atoms with Crippen LogP contribution in [0.3, 0.4) is 0 Å². The molecule has 0 saturated carbocycles. The van der Waals surface area contributed by atoms with Crippen molar-refractivity contribution in [3.05, 3.63) is 53.3 Å². The lowest BCUT2D eigenvalue weighted by Gasteiger charge is -2.39. The summed E-state index contributed by atoms with van der Waals surface area (Å²) in [4.78, 5) is 19.7. The summed E-state index contributed by atoms with van der Waals surface area (Å²) in [5, 5.41) is 3.42. The fourth-order valence-electron chi connectivity index (χ4n) is 6.07. The number of imidazole rings is 1. The fourth-order valence-corrected chi connectivity index (χ4v) is 8.26. The SMILES string of the molecule is Cc1nc2cc(NC(=O)CN3CCC4(CC3)CN(S(=O)(=O)c3cccc(Cl)c3)C(C)(C)C4)ccc2n1C. The number of anilines is 1. The Bertz CT molecular complexity index is 1460. The summed E-state index contributed by atoms with van der Waals surface area (Å²) in [6, 6.07) is 12.3. The number of fused-ring (bicyclic) bond motifs is 1. The Labute approximate surface area is 223 Å². The minimum Gasteiger partial charge on any atom is -0.331 e. The van der Waals surface area contributed by atoms with Gasteiger partial charge in [-0.15, -0.1) is 0 Å². The van der Waals surface area contributed by atoms with Gasteiger partial charge in [-0.25, -0.2) is 13.4 Å². The molecule has 1 spiro atoms. The summed E-state index contributed by atoms with van der Waals surface area (Å²) in [7, 11) is -1.69. The van der Waals surface area contributed by atoms with Gasteiger partial charge in [-0.05, 0) is 94.9 Å². The zero-order chi connectivity index (χ0) is 26.6. The van der Waals surface area contributed by atoms with Crippen molar-refractivity contribution in [2.75, 3.05) is 31.5 Å². The van der Waals surface area contributed by atoms with E-state index in [1.165, 1.54) is 6.07 Å². The molecule has 0 aliphatic carbocycles. The summed E-state index contributed by atoms with van der Waals surface area (Å²) in [6.07, 6.45) is 2.50. The molecule has 0 radical (unpaired) electrons. The second-order valence-corrected chi connectivity index (χ2v) is 13.5. The molecule has 1 N–H and O–H groups in total. The molecule has 2 fully saturated rings. The largest absolute Gasteiger partial charge is 0.331 e. The number of halogens is 1. The third kappa shape index (κ3) is 5.02.